The van der Waals surface area contributed by atoms with Crippen LogP contribution in [0, 0.1) is 25.7 Å². The molecule has 184 valence electrons. The lowest BCUT2D eigenvalue weighted by Gasteiger charge is -2.34. The molecule has 2 heterocycles. The second-order valence-corrected chi connectivity index (χ2v) is 9.77. The van der Waals surface area contributed by atoms with E-state index in [4.69, 9.17) is 4.42 Å². The zero-order valence-electron chi connectivity index (χ0n) is 21.0. The van der Waals surface area contributed by atoms with Gasteiger partial charge in [-0.3, -0.25) is 9.59 Å². The van der Waals surface area contributed by atoms with Crippen molar-refractivity contribution < 1.29 is 14.0 Å². The molecule has 0 radical (unpaired) electrons. The van der Waals surface area contributed by atoms with Crippen LogP contribution < -0.4 is 5.32 Å². The number of fused-ring (bicyclic) bond motifs is 1. The number of aryl methyl sites for hydroxylation is 2. The monoisotopic (exact) mass is 481 g/mol. The molecule has 5 rings (SSSR count). The molecule has 6 heteroatoms. The van der Waals surface area contributed by atoms with Gasteiger partial charge in [0.1, 0.15) is 5.52 Å². The molecule has 1 aliphatic heterocycles. The minimum absolute atomic E-state index is 0.00755. The quantitative estimate of drug-likeness (QED) is 0.366. The Hall–Kier alpha value is -3.93. The van der Waals surface area contributed by atoms with E-state index in [9.17, 15) is 9.59 Å². The third kappa shape index (κ3) is 4.89. The summed E-state index contributed by atoms with van der Waals surface area (Å²) in [6, 6.07) is 21.1. The Labute approximate surface area is 211 Å². The van der Waals surface area contributed by atoms with Crippen LogP contribution in [-0.4, -0.2) is 34.8 Å². The zero-order chi connectivity index (χ0) is 25.2. The Morgan fingerprint density at radius 3 is 2.44 bits per heavy atom. The number of benzene rings is 3. The maximum Gasteiger partial charge on any atom is 0.253 e. The summed E-state index contributed by atoms with van der Waals surface area (Å²) >= 11 is 0. The molecule has 1 fully saturated rings. The van der Waals surface area contributed by atoms with Crippen molar-refractivity contribution in [2.45, 2.75) is 33.6 Å². The predicted octanol–water partition coefficient (Wildman–Crippen LogP) is 6.24. The first-order valence-corrected chi connectivity index (χ1v) is 12.5. The average molecular weight is 482 g/mol. The first-order chi connectivity index (χ1) is 17.4. The summed E-state index contributed by atoms with van der Waals surface area (Å²) < 4.78 is 5.88. The van der Waals surface area contributed by atoms with Gasteiger partial charge in [-0.1, -0.05) is 31.2 Å². The number of likely N-dealkylation sites (tertiary alicyclic amines) is 1. The molecule has 36 heavy (non-hydrogen) atoms. The normalized spacial score (nSPS) is 15.1. The second kappa shape index (κ2) is 9.97. The fourth-order valence-corrected chi connectivity index (χ4v) is 4.84. The number of carbonyl (C=O) groups is 2. The lowest BCUT2D eigenvalue weighted by atomic mass is 9.84. The van der Waals surface area contributed by atoms with Gasteiger partial charge in [-0.2, -0.15) is 0 Å². The van der Waals surface area contributed by atoms with E-state index < -0.39 is 0 Å². The molecule has 1 saturated heterocycles. The standard InChI is InChI=1S/C30H31N3O3/c1-19-9-11-25(17-20(19)2)31-28(34)21(3)22-13-15-33(16-14-22)30(35)24-10-12-27-26(18-24)32-29(36-27)23-7-5-4-6-8-23/h4-12,17-18,21-22H,13-16H2,1-3H3,(H,31,34)/t21-/m0/s1. The van der Waals surface area contributed by atoms with Gasteiger partial charge in [0.2, 0.25) is 11.8 Å². The molecule has 1 atom stereocenters. The zero-order valence-corrected chi connectivity index (χ0v) is 21.0. The molecule has 1 aliphatic rings. The number of piperidine rings is 1. The average Bonchev–Trinajstić information content (AvgIpc) is 3.34. The Morgan fingerprint density at radius 1 is 0.972 bits per heavy atom. The number of rotatable bonds is 5. The summed E-state index contributed by atoms with van der Waals surface area (Å²) in [4.78, 5) is 32.6. The van der Waals surface area contributed by atoms with Crippen LogP contribution in [0.3, 0.4) is 0 Å². The smallest absolute Gasteiger partial charge is 0.253 e. The number of anilines is 1. The summed E-state index contributed by atoms with van der Waals surface area (Å²) in [5.74, 6) is 0.698. The van der Waals surface area contributed by atoms with Crippen molar-refractivity contribution in [3.63, 3.8) is 0 Å². The van der Waals surface area contributed by atoms with E-state index in [1.54, 1.807) is 12.1 Å². The van der Waals surface area contributed by atoms with Crippen molar-refractivity contribution in [3.8, 4) is 11.5 Å². The highest BCUT2D eigenvalue weighted by molar-refractivity contribution is 5.97. The molecule has 3 aromatic carbocycles. The Morgan fingerprint density at radius 2 is 1.72 bits per heavy atom. The highest BCUT2D eigenvalue weighted by atomic mass is 16.3. The van der Waals surface area contributed by atoms with Crippen LogP contribution in [0.4, 0.5) is 5.69 Å². The molecular formula is C30H31N3O3. The van der Waals surface area contributed by atoms with Crippen LogP contribution in [0.5, 0.6) is 0 Å². The number of carbonyl (C=O) groups excluding carboxylic acids is 2. The predicted molar refractivity (Wildman–Crippen MR) is 142 cm³/mol. The van der Waals surface area contributed by atoms with Crippen LogP contribution in [0.15, 0.2) is 71.1 Å². The van der Waals surface area contributed by atoms with E-state index in [0.717, 1.165) is 29.7 Å². The van der Waals surface area contributed by atoms with Crippen LogP contribution in [0.25, 0.3) is 22.6 Å². The van der Waals surface area contributed by atoms with Crippen molar-refractivity contribution in [1.29, 1.82) is 0 Å². The third-order valence-electron chi connectivity index (χ3n) is 7.38. The molecule has 0 aliphatic carbocycles. The first-order valence-electron chi connectivity index (χ1n) is 12.5. The van der Waals surface area contributed by atoms with E-state index in [1.165, 1.54) is 5.56 Å². The van der Waals surface area contributed by atoms with Crippen molar-refractivity contribution in [1.82, 2.24) is 9.88 Å². The maximum absolute atomic E-state index is 13.2. The van der Waals surface area contributed by atoms with Gasteiger partial charge in [0.05, 0.1) is 0 Å². The molecule has 0 spiro atoms. The second-order valence-electron chi connectivity index (χ2n) is 9.77. The summed E-state index contributed by atoms with van der Waals surface area (Å²) in [5, 5.41) is 3.06. The van der Waals surface area contributed by atoms with Crippen LogP contribution in [0.2, 0.25) is 0 Å². The van der Waals surface area contributed by atoms with E-state index >= 15 is 0 Å². The first kappa shape index (κ1) is 23.8. The molecular weight excluding hydrogens is 450 g/mol. The van der Waals surface area contributed by atoms with Crippen molar-refractivity contribution in [2.24, 2.45) is 11.8 Å². The number of nitrogens with zero attached hydrogens (tertiary/aromatic N) is 2. The van der Waals surface area contributed by atoms with E-state index in [1.807, 2.05) is 73.3 Å². The van der Waals surface area contributed by atoms with Crippen molar-refractivity contribution in [2.75, 3.05) is 18.4 Å². The minimum Gasteiger partial charge on any atom is -0.436 e. The van der Waals surface area contributed by atoms with Crippen LogP contribution >= 0.6 is 0 Å². The van der Waals surface area contributed by atoms with E-state index in [2.05, 4.69) is 17.2 Å². The van der Waals surface area contributed by atoms with E-state index in [0.29, 0.717) is 35.6 Å². The molecule has 1 aromatic heterocycles. The van der Waals surface area contributed by atoms with E-state index in [-0.39, 0.29) is 23.7 Å². The van der Waals surface area contributed by atoms with Gasteiger partial charge in [0.25, 0.3) is 5.91 Å². The Kier molecular flexibility index (Phi) is 6.59. The highest BCUT2D eigenvalue weighted by Gasteiger charge is 2.30. The number of oxazole rings is 1. The number of hydrogen-bond acceptors (Lipinski definition) is 4. The molecule has 0 unspecified atom stereocenters. The number of hydrogen-bond donors (Lipinski definition) is 1. The molecule has 0 saturated carbocycles. The fraction of sp³-hybridized carbons (Fsp3) is 0.300. The molecule has 1 N–H and O–H groups in total. The van der Waals surface area contributed by atoms with Gasteiger partial charge in [-0.15, -0.1) is 0 Å². The number of amides is 2. The van der Waals surface area contributed by atoms with Gasteiger partial charge < -0.3 is 14.6 Å². The largest absolute Gasteiger partial charge is 0.436 e. The van der Waals surface area contributed by atoms with Gasteiger partial charge in [0, 0.05) is 35.8 Å². The van der Waals surface area contributed by atoms with Crippen molar-refractivity contribution >= 4 is 28.6 Å². The minimum atomic E-state index is -0.119. The molecule has 2 amide bonds. The topological polar surface area (TPSA) is 75.4 Å². The number of nitrogens with one attached hydrogen (secondary N) is 1. The SMILES string of the molecule is Cc1ccc(NC(=O)[C@@H](C)C2CCN(C(=O)c3ccc4oc(-c5ccccc5)nc4c3)CC2)cc1C. The molecule has 4 aromatic rings. The Balaban J connectivity index is 1.20. The van der Waals surface area contributed by atoms with Gasteiger partial charge in [0.15, 0.2) is 5.58 Å². The van der Waals surface area contributed by atoms with Gasteiger partial charge in [-0.25, -0.2) is 4.98 Å². The lowest BCUT2D eigenvalue weighted by molar-refractivity contribution is -0.121. The Bertz CT molecular complexity index is 1400. The fourth-order valence-electron chi connectivity index (χ4n) is 4.84. The number of aromatic nitrogens is 1. The van der Waals surface area contributed by atoms with Crippen molar-refractivity contribution in [3.05, 3.63) is 83.4 Å². The van der Waals surface area contributed by atoms with Gasteiger partial charge >= 0.3 is 0 Å². The van der Waals surface area contributed by atoms with Gasteiger partial charge in [-0.05, 0) is 86.2 Å². The highest BCUT2D eigenvalue weighted by Crippen LogP contribution is 2.29. The maximum atomic E-state index is 13.2. The summed E-state index contributed by atoms with van der Waals surface area (Å²) in [6.07, 6.45) is 1.61. The summed E-state index contributed by atoms with van der Waals surface area (Å²) in [5.41, 5.74) is 6.04. The molecule has 0 bridgehead atoms. The summed E-state index contributed by atoms with van der Waals surface area (Å²) in [7, 11) is 0. The summed E-state index contributed by atoms with van der Waals surface area (Å²) in [6.45, 7) is 7.36. The van der Waals surface area contributed by atoms with Crippen LogP contribution in [0.1, 0.15) is 41.3 Å². The van der Waals surface area contributed by atoms with Crippen LogP contribution in [-0.2, 0) is 4.79 Å². The lowest BCUT2D eigenvalue weighted by Crippen LogP contribution is -2.41. The third-order valence-corrected chi connectivity index (χ3v) is 7.38. The molecule has 6 nitrogen and oxygen atoms in total.